The third-order valence-electron chi connectivity index (χ3n) is 2.58. The van der Waals surface area contributed by atoms with Crippen LogP contribution in [-0.2, 0) is 4.84 Å². The minimum absolute atomic E-state index is 0.368. The van der Waals surface area contributed by atoms with Crippen LogP contribution in [0, 0.1) is 5.92 Å². The number of anilines is 1. The summed E-state index contributed by atoms with van der Waals surface area (Å²) in [5.41, 5.74) is 8.61. The quantitative estimate of drug-likeness (QED) is 0.654. The van der Waals surface area contributed by atoms with Crippen molar-refractivity contribution in [3.63, 3.8) is 0 Å². The van der Waals surface area contributed by atoms with Gasteiger partial charge in [0.05, 0.1) is 5.71 Å². The van der Waals surface area contributed by atoms with E-state index >= 15 is 0 Å². The van der Waals surface area contributed by atoms with Gasteiger partial charge in [0.15, 0.2) is 0 Å². The molecule has 0 aromatic heterocycles. The molecule has 2 atom stereocenters. The highest BCUT2D eigenvalue weighted by Gasteiger charge is 2.48. The molecule has 2 N–H and O–H groups in total. The number of rotatable bonds is 1. The molecule has 0 saturated heterocycles. The molecular formula is C10H10N2O. The molecule has 3 nitrogen and oxygen atoms in total. The Morgan fingerprint density at radius 3 is 2.62 bits per heavy atom. The van der Waals surface area contributed by atoms with E-state index in [-0.39, 0.29) is 0 Å². The predicted molar refractivity (Wildman–Crippen MR) is 50.4 cm³/mol. The molecule has 1 aliphatic carbocycles. The molecule has 1 aliphatic heterocycles. The second-order valence-corrected chi connectivity index (χ2v) is 3.58. The van der Waals surface area contributed by atoms with Gasteiger partial charge in [0, 0.05) is 11.6 Å². The van der Waals surface area contributed by atoms with Gasteiger partial charge in [0.1, 0.15) is 6.10 Å². The monoisotopic (exact) mass is 174 g/mol. The van der Waals surface area contributed by atoms with Crippen LogP contribution in [0.5, 0.6) is 0 Å². The van der Waals surface area contributed by atoms with Gasteiger partial charge in [-0.1, -0.05) is 17.3 Å². The van der Waals surface area contributed by atoms with Gasteiger partial charge in [-0.15, -0.1) is 0 Å². The van der Waals surface area contributed by atoms with Crippen molar-refractivity contribution >= 4 is 11.4 Å². The first kappa shape index (κ1) is 6.95. The highest BCUT2D eigenvalue weighted by atomic mass is 16.7. The summed E-state index contributed by atoms with van der Waals surface area (Å²) in [6, 6.07) is 7.79. The summed E-state index contributed by atoms with van der Waals surface area (Å²) in [4.78, 5) is 5.18. The van der Waals surface area contributed by atoms with Gasteiger partial charge in [0.2, 0.25) is 0 Å². The molecule has 0 spiro atoms. The van der Waals surface area contributed by atoms with Crippen LogP contribution in [0.25, 0.3) is 0 Å². The first-order chi connectivity index (χ1) is 6.34. The Morgan fingerprint density at radius 2 is 2.08 bits per heavy atom. The summed E-state index contributed by atoms with van der Waals surface area (Å²) in [5, 5.41) is 4.04. The average Bonchev–Trinajstić information content (AvgIpc) is 2.81. The first-order valence-electron chi connectivity index (χ1n) is 4.44. The Hall–Kier alpha value is -1.51. The topological polar surface area (TPSA) is 47.6 Å². The number of benzene rings is 1. The molecule has 0 radical (unpaired) electrons. The summed E-state index contributed by atoms with van der Waals surface area (Å²) >= 11 is 0. The lowest BCUT2D eigenvalue weighted by atomic mass is 10.1. The molecule has 2 aliphatic rings. The van der Waals surface area contributed by atoms with Crippen LogP contribution in [0.3, 0.4) is 0 Å². The van der Waals surface area contributed by atoms with Crippen molar-refractivity contribution in [3.05, 3.63) is 29.8 Å². The molecule has 1 heterocycles. The van der Waals surface area contributed by atoms with Crippen LogP contribution in [0.2, 0.25) is 0 Å². The van der Waals surface area contributed by atoms with Crippen LogP contribution in [0.15, 0.2) is 29.4 Å². The molecule has 0 unspecified atom stereocenters. The Kier molecular flexibility index (Phi) is 1.20. The van der Waals surface area contributed by atoms with Crippen LogP contribution in [0.1, 0.15) is 12.0 Å². The zero-order valence-electron chi connectivity index (χ0n) is 7.10. The van der Waals surface area contributed by atoms with E-state index in [0.717, 1.165) is 23.4 Å². The molecule has 0 amide bonds. The zero-order chi connectivity index (χ0) is 8.84. The maximum atomic E-state index is 5.60. The van der Waals surface area contributed by atoms with Crippen molar-refractivity contribution < 1.29 is 4.84 Å². The van der Waals surface area contributed by atoms with Crippen molar-refractivity contribution in [1.82, 2.24) is 0 Å². The van der Waals surface area contributed by atoms with Crippen molar-refractivity contribution in [2.24, 2.45) is 11.1 Å². The second-order valence-electron chi connectivity index (χ2n) is 3.58. The molecule has 1 aromatic carbocycles. The van der Waals surface area contributed by atoms with E-state index < -0.39 is 0 Å². The lowest BCUT2D eigenvalue weighted by Crippen LogP contribution is -2.01. The molecular weight excluding hydrogens is 164 g/mol. The normalized spacial score (nSPS) is 29.1. The fraction of sp³-hybridized carbons (Fsp3) is 0.300. The molecule has 0 bridgehead atoms. The molecule has 66 valence electrons. The largest absolute Gasteiger partial charge is 0.399 e. The van der Waals surface area contributed by atoms with Crippen LogP contribution >= 0.6 is 0 Å². The Labute approximate surface area is 76.2 Å². The van der Waals surface area contributed by atoms with E-state index in [1.165, 1.54) is 0 Å². The Balaban J connectivity index is 1.96. The molecule has 3 heteroatoms. The van der Waals surface area contributed by atoms with Crippen LogP contribution in [0.4, 0.5) is 5.69 Å². The third kappa shape index (κ3) is 1.00. The molecule has 1 saturated carbocycles. The van der Waals surface area contributed by atoms with E-state index in [0.29, 0.717) is 12.0 Å². The van der Waals surface area contributed by atoms with Gasteiger partial charge in [-0.3, -0.25) is 0 Å². The van der Waals surface area contributed by atoms with E-state index in [2.05, 4.69) is 5.16 Å². The van der Waals surface area contributed by atoms with Gasteiger partial charge in [-0.2, -0.15) is 0 Å². The van der Waals surface area contributed by atoms with Crippen molar-refractivity contribution in [2.75, 3.05) is 5.73 Å². The maximum absolute atomic E-state index is 5.60. The number of fused-ring (bicyclic) bond motifs is 1. The highest BCUT2D eigenvalue weighted by Crippen LogP contribution is 2.42. The standard InChI is InChI=1S/C10H10N2O/c11-7-3-1-6(2-4-7)10-8-5-9(8)13-12-10/h1-4,8-9H,5,11H2/t8-,9-/m1/s1. The SMILES string of the molecule is Nc1ccc(C2=NO[C@@H]3C[C@@H]23)cc1. The van der Waals surface area contributed by atoms with Crippen LogP contribution < -0.4 is 5.73 Å². The number of hydrogen-bond donors (Lipinski definition) is 1. The predicted octanol–water partition coefficient (Wildman–Crippen LogP) is 1.39. The van der Waals surface area contributed by atoms with Crippen molar-refractivity contribution in [1.29, 1.82) is 0 Å². The van der Waals surface area contributed by atoms with Gasteiger partial charge >= 0.3 is 0 Å². The van der Waals surface area contributed by atoms with Gasteiger partial charge in [-0.25, -0.2) is 0 Å². The zero-order valence-corrected chi connectivity index (χ0v) is 7.10. The molecule has 3 rings (SSSR count). The number of nitrogens with two attached hydrogens (primary N) is 1. The van der Waals surface area contributed by atoms with Crippen LogP contribution in [-0.4, -0.2) is 11.8 Å². The fourth-order valence-electron chi connectivity index (χ4n) is 1.69. The van der Waals surface area contributed by atoms with E-state index in [4.69, 9.17) is 10.6 Å². The molecule has 13 heavy (non-hydrogen) atoms. The Morgan fingerprint density at radius 1 is 1.31 bits per heavy atom. The average molecular weight is 174 g/mol. The summed E-state index contributed by atoms with van der Waals surface area (Å²) in [6.07, 6.45) is 1.50. The smallest absolute Gasteiger partial charge is 0.136 e. The molecule has 1 aromatic rings. The van der Waals surface area contributed by atoms with Gasteiger partial charge in [0.25, 0.3) is 0 Å². The maximum Gasteiger partial charge on any atom is 0.136 e. The van der Waals surface area contributed by atoms with Gasteiger partial charge in [-0.05, 0) is 24.1 Å². The minimum Gasteiger partial charge on any atom is -0.399 e. The number of hydrogen-bond acceptors (Lipinski definition) is 3. The minimum atomic E-state index is 0.368. The lowest BCUT2D eigenvalue weighted by molar-refractivity contribution is 0.140. The number of oxime groups is 1. The first-order valence-corrected chi connectivity index (χ1v) is 4.44. The van der Waals surface area contributed by atoms with Crippen molar-refractivity contribution in [2.45, 2.75) is 12.5 Å². The number of nitrogens with zero attached hydrogens (tertiary/aromatic N) is 1. The molecule has 1 fully saturated rings. The summed E-state index contributed by atoms with van der Waals surface area (Å²) in [6.45, 7) is 0. The highest BCUT2D eigenvalue weighted by molar-refractivity contribution is 6.05. The van der Waals surface area contributed by atoms with Gasteiger partial charge < -0.3 is 10.6 Å². The fourth-order valence-corrected chi connectivity index (χ4v) is 1.69. The van der Waals surface area contributed by atoms with E-state index in [1.54, 1.807) is 0 Å². The third-order valence-corrected chi connectivity index (χ3v) is 2.58. The summed E-state index contributed by atoms with van der Waals surface area (Å²) in [7, 11) is 0. The Bertz CT molecular complexity index is 369. The lowest BCUT2D eigenvalue weighted by Gasteiger charge is -1.99. The van der Waals surface area contributed by atoms with E-state index in [9.17, 15) is 0 Å². The second kappa shape index (κ2) is 2.25. The summed E-state index contributed by atoms with van der Waals surface area (Å²) in [5.74, 6) is 0.545. The number of nitrogen functional groups attached to an aromatic ring is 1. The van der Waals surface area contributed by atoms with E-state index in [1.807, 2.05) is 24.3 Å². The van der Waals surface area contributed by atoms with Crippen molar-refractivity contribution in [3.8, 4) is 0 Å². The summed E-state index contributed by atoms with van der Waals surface area (Å²) < 4.78 is 0.